The Bertz CT molecular complexity index is 499. The molecule has 0 amide bonds. The number of allylic oxidation sites excluding steroid dienone is 1. The molecule has 4 heteroatoms. The highest BCUT2D eigenvalue weighted by Crippen LogP contribution is 2.32. The highest BCUT2D eigenvalue weighted by atomic mass is 35.5. The summed E-state index contributed by atoms with van der Waals surface area (Å²) in [7, 11) is 3.29. The lowest BCUT2D eigenvalue weighted by Gasteiger charge is -2.26. The normalized spacial score (nSPS) is 21.8. The second kappa shape index (κ2) is 7.71. The van der Waals surface area contributed by atoms with Crippen LogP contribution in [0.4, 0.5) is 0 Å². The van der Waals surface area contributed by atoms with E-state index in [0.717, 1.165) is 43.6 Å². The van der Waals surface area contributed by atoms with Crippen LogP contribution < -0.4 is 9.47 Å². The minimum absolute atomic E-state index is 0.280. The maximum Gasteiger partial charge on any atom is 0.160 e. The second-order valence-corrected chi connectivity index (χ2v) is 5.89. The average molecular weight is 311 g/mol. The summed E-state index contributed by atoms with van der Waals surface area (Å²) in [6, 6.07) is 6.01. The van der Waals surface area contributed by atoms with Crippen molar-refractivity contribution in [2.24, 2.45) is 5.92 Å². The Hall–Kier alpha value is -1.19. The standard InChI is InChI=1S/C17H23ClO3/c1-20-15-10-9-12(11-16(15)21-2)5-3-6-13-7-4-8-14(18)17(13)19/h8-11,13,17,19H,3-7H2,1-2H3/t13-,17-/m0/s1. The Morgan fingerprint density at radius 1 is 1.24 bits per heavy atom. The molecular formula is C17H23ClO3. The number of aryl methyl sites for hydroxylation is 1. The van der Waals surface area contributed by atoms with Gasteiger partial charge in [-0.05, 0) is 55.7 Å². The first-order valence-corrected chi connectivity index (χ1v) is 7.78. The smallest absolute Gasteiger partial charge is 0.160 e. The van der Waals surface area contributed by atoms with Gasteiger partial charge < -0.3 is 14.6 Å². The predicted octanol–water partition coefficient (Wildman–Crippen LogP) is 3.92. The second-order valence-electron chi connectivity index (χ2n) is 5.45. The summed E-state index contributed by atoms with van der Waals surface area (Å²) in [4.78, 5) is 0. The highest BCUT2D eigenvalue weighted by molar-refractivity contribution is 6.30. The quantitative estimate of drug-likeness (QED) is 0.865. The summed E-state index contributed by atoms with van der Waals surface area (Å²) in [6.45, 7) is 0. The third kappa shape index (κ3) is 4.14. The first kappa shape index (κ1) is 16.2. The summed E-state index contributed by atoms with van der Waals surface area (Å²) in [5.41, 5.74) is 1.22. The number of benzene rings is 1. The van der Waals surface area contributed by atoms with Crippen molar-refractivity contribution >= 4 is 11.6 Å². The van der Waals surface area contributed by atoms with E-state index in [9.17, 15) is 5.11 Å². The summed E-state index contributed by atoms with van der Waals surface area (Å²) in [5.74, 6) is 1.79. The van der Waals surface area contributed by atoms with Gasteiger partial charge in [0, 0.05) is 5.03 Å². The minimum atomic E-state index is -0.481. The van der Waals surface area contributed by atoms with E-state index in [2.05, 4.69) is 6.07 Å². The average Bonchev–Trinajstić information content (AvgIpc) is 2.51. The van der Waals surface area contributed by atoms with Crippen LogP contribution in [-0.2, 0) is 6.42 Å². The Labute approximate surface area is 131 Å². The molecule has 0 radical (unpaired) electrons. The molecule has 0 unspecified atom stereocenters. The zero-order chi connectivity index (χ0) is 15.2. The van der Waals surface area contributed by atoms with Crippen LogP contribution in [0.3, 0.4) is 0 Å². The molecule has 116 valence electrons. The van der Waals surface area contributed by atoms with Gasteiger partial charge in [0.15, 0.2) is 11.5 Å². The van der Waals surface area contributed by atoms with Crippen molar-refractivity contribution in [3.63, 3.8) is 0 Å². The van der Waals surface area contributed by atoms with Gasteiger partial charge in [-0.3, -0.25) is 0 Å². The van der Waals surface area contributed by atoms with Crippen molar-refractivity contribution in [1.82, 2.24) is 0 Å². The highest BCUT2D eigenvalue weighted by Gasteiger charge is 2.24. The van der Waals surface area contributed by atoms with Gasteiger partial charge in [0.25, 0.3) is 0 Å². The molecule has 0 bridgehead atoms. The van der Waals surface area contributed by atoms with Gasteiger partial charge in [0.1, 0.15) is 0 Å². The number of methoxy groups -OCH3 is 2. The van der Waals surface area contributed by atoms with Crippen LogP contribution in [0.5, 0.6) is 11.5 Å². The molecule has 0 saturated carbocycles. The van der Waals surface area contributed by atoms with Crippen LogP contribution in [-0.4, -0.2) is 25.4 Å². The van der Waals surface area contributed by atoms with Crippen molar-refractivity contribution in [3.8, 4) is 11.5 Å². The fourth-order valence-electron chi connectivity index (χ4n) is 2.85. The van der Waals surface area contributed by atoms with Gasteiger partial charge in [0.05, 0.1) is 20.3 Å². The fraction of sp³-hybridized carbons (Fsp3) is 0.529. The number of ether oxygens (including phenoxy) is 2. The van der Waals surface area contributed by atoms with Crippen molar-refractivity contribution < 1.29 is 14.6 Å². The van der Waals surface area contributed by atoms with Gasteiger partial charge in [-0.1, -0.05) is 23.7 Å². The molecule has 2 atom stereocenters. The van der Waals surface area contributed by atoms with Crippen molar-refractivity contribution in [1.29, 1.82) is 0 Å². The Balaban J connectivity index is 1.87. The molecule has 1 aromatic carbocycles. The van der Waals surface area contributed by atoms with Crippen LogP contribution in [0.25, 0.3) is 0 Å². The molecule has 0 saturated heterocycles. The molecule has 21 heavy (non-hydrogen) atoms. The number of aliphatic hydroxyl groups excluding tert-OH is 1. The molecule has 0 spiro atoms. The number of hydrogen-bond donors (Lipinski definition) is 1. The number of aliphatic hydroxyl groups is 1. The van der Waals surface area contributed by atoms with E-state index < -0.39 is 6.10 Å². The van der Waals surface area contributed by atoms with Crippen LogP contribution in [0.15, 0.2) is 29.3 Å². The Morgan fingerprint density at radius 2 is 2.00 bits per heavy atom. The summed E-state index contributed by atoms with van der Waals surface area (Å²) < 4.78 is 10.6. The number of halogens is 1. The first-order valence-electron chi connectivity index (χ1n) is 7.40. The largest absolute Gasteiger partial charge is 0.493 e. The number of rotatable bonds is 6. The SMILES string of the molecule is COc1ccc(CCC[C@H]2CCC=C(Cl)[C@H]2O)cc1OC. The molecule has 0 aliphatic heterocycles. The van der Waals surface area contributed by atoms with E-state index in [1.54, 1.807) is 14.2 Å². The van der Waals surface area contributed by atoms with Gasteiger partial charge >= 0.3 is 0 Å². The Kier molecular flexibility index (Phi) is 5.95. The topological polar surface area (TPSA) is 38.7 Å². The summed E-state index contributed by atoms with van der Waals surface area (Å²) in [5, 5.41) is 10.7. The fourth-order valence-corrected chi connectivity index (χ4v) is 3.13. The van der Waals surface area contributed by atoms with E-state index in [0.29, 0.717) is 5.03 Å². The van der Waals surface area contributed by atoms with Crippen molar-refractivity contribution in [2.75, 3.05) is 14.2 Å². The van der Waals surface area contributed by atoms with Crippen LogP contribution in [0, 0.1) is 5.92 Å². The molecule has 2 rings (SSSR count). The maximum atomic E-state index is 10.0. The van der Waals surface area contributed by atoms with E-state index in [1.165, 1.54) is 5.56 Å². The zero-order valence-electron chi connectivity index (χ0n) is 12.6. The lowest BCUT2D eigenvalue weighted by molar-refractivity contribution is 0.128. The molecule has 0 fully saturated rings. The summed E-state index contributed by atoms with van der Waals surface area (Å²) in [6.07, 6.45) is 6.41. The lowest BCUT2D eigenvalue weighted by atomic mass is 9.86. The molecule has 0 heterocycles. The van der Waals surface area contributed by atoms with Gasteiger partial charge in [-0.25, -0.2) is 0 Å². The number of hydrogen-bond acceptors (Lipinski definition) is 3. The van der Waals surface area contributed by atoms with Gasteiger partial charge in [-0.2, -0.15) is 0 Å². The third-order valence-corrected chi connectivity index (χ3v) is 4.47. The molecule has 1 aliphatic carbocycles. The maximum absolute atomic E-state index is 10.0. The van der Waals surface area contributed by atoms with E-state index in [1.807, 2.05) is 18.2 Å². The Morgan fingerprint density at radius 3 is 2.71 bits per heavy atom. The lowest BCUT2D eigenvalue weighted by Crippen LogP contribution is -2.23. The van der Waals surface area contributed by atoms with E-state index >= 15 is 0 Å². The zero-order valence-corrected chi connectivity index (χ0v) is 13.4. The van der Waals surface area contributed by atoms with E-state index in [-0.39, 0.29) is 5.92 Å². The van der Waals surface area contributed by atoms with E-state index in [4.69, 9.17) is 21.1 Å². The van der Waals surface area contributed by atoms with Gasteiger partial charge in [-0.15, -0.1) is 0 Å². The van der Waals surface area contributed by atoms with Gasteiger partial charge in [0.2, 0.25) is 0 Å². The molecule has 1 aliphatic rings. The third-order valence-electron chi connectivity index (χ3n) is 4.09. The first-order chi connectivity index (χ1) is 10.2. The molecular weight excluding hydrogens is 288 g/mol. The summed E-state index contributed by atoms with van der Waals surface area (Å²) >= 11 is 6.01. The van der Waals surface area contributed by atoms with Crippen LogP contribution >= 0.6 is 11.6 Å². The van der Waals surface area contributed by atoms with Crippen molar-refractivity contribution in [2.45, 2.75) is 38.2 Å². The van der Waals surface area contributed by atoms with Crippen LogP contribution in [0.1, 0.15) is 31.2 Å². The van der Waals surface area contributed by atoms with Crippen LogP contribution in [0.2, 0.25) is 0 Å². The molecule has 0 aromatic heterocycles. The predicted molar refractivity (Wildman–Crippen MR) is 85.2 cm³/mol. The molecule has 3 nitrogen and oxygen atoms in total. The molecule has 1 N–H and O–H groups in total. The molecule has 1 aromatic rings. The van der Waals surface area contributed by atoms with Crippen molar-refractivity contribution in [3.05, 3.63) is 34.9 Å². The minimum Gasteiger partial charge on any atom is -0.493 e. The monoisotopic (exact) mass is 310 g/mol.